The van der Waals surface area contributed by atoms with Crippen molar-refractivity contribution in [2.24, 2.45) is 5.41 Å². The summed E-state index contributed by atoms with van der Waals surface area (Å²) in [5.74, 6) is 0.771. The summed E-state index contributed by atoms with van der Waals surface area (Å²) < 4.78 is 10.3. The number of esters is 1. The Hall–Kier alpha value is -1.51. The zero-order chi connectivity index (χ0) is 13.2. The van der Waals surface area contributed by atoms with Crippen LogP contribution in [0.1, 0.15) is 30.4 Å². The second-order valence-electron chi connectivity index (χ2n) is 5.12. The maximum Gasteiger partial charge on any atom is 0.312 e. The van der Waals surface area contributed by atoms with E-state index in [-0.39, 0.29) is 11.4 Å². The molecule has 3 nitrogen and oxygen atoms in total. The molecule has 0 saturated heterocycles. The minimum absolute atomic E-state index is 0.0858. The highest BCUT2D eigenvalue weighted by Crippen LogP contribution is 2.46. The van der Waals surface area contributed by atoms with Gasteiger partial charge in [0.2, 0.25) is 0 Å². The van der Waals surface area contributed by atoms with Gasteiger partial charge in [0.1, 0.15) is 5.75 Å². The summed E-state index contributed by atoms with van der Waals surface area (Å²) in [6, 6.07) is 6.09. The summed E-state index contributed by atoms with van der Waals surface area (Å²) >= 11 is 0. The van der Waals surface area contributed by atoms with Crippen LogP contribution in [0.25, 0.3) is 0 Å². The molecule has 1 aliphatic carbocycles. The molecular formula is C15H20O3. The third-order valence-electron chi connectivity index (χ3n) is 3.89. The number of ether oxygens (including phenoxy) is 2. The van der Waals surface area contributed by atoms with Gasteiger partial charge in [-0.25, -0.2) is 0 Å². The van der Waals surface area contributed by atoms with E-state index in [0.29, 0.717) is 6.42 Å². The number of rotatable bonds is 4. The Kier molecular flexibility index (Phi) is 3.60. The van der Waals surface area contributed by atoms with E-state index in [1.54, 1.807) is 7.11 Å². The molecule has 0 spiro atoms. The second kappa shape index (κ2) is 5.01. The normalized spacial score (nSPS) is 16.8. The van der Waals surface area contributed by atoms with E-state index in [4.69, 9.17) is 9.47 Å². The summed E-state index contributed by atoms with van der Waals surface area (Å²) in [6.07, 6.45) is 3.64. The lowest BCUT2D eigenvalue weighted by atomic mass is 9.65. The quantitative estimate of drug-likeness (QED) is 0.769. The molecule has 0 N–H and O–H groups in total. The largest absolute Gasteiger partial charge is 0.496 e. The Morgan fingerprint density at radius 3 is 2.56 bits per heavy atom. The predicted octanol–water partition coefficient (Wildman–Crippen LogP) is 2.89. The van der Waals surface area contributed by atoms with Crippen LogP contribution in [0.15, 0.2) is 18.2 Å². The first kappa shape index (κ1) is 12.9. The number of carbonyl (C=O) groups is 1. The minimum atomic E-state index is -0.324. The average molecular weight is 248 g/mol. The molecule has 0 aliphatic heterocycles. The number of carbonyl (C=O) groups excluding carboxylic acids is 1. The van der Waals surface area contributed by atoms with E-state index < -0.39 is 0 Å². The van der Waals surface area contributed by atoms with Gasteiger partial charge in [0.05, 0.1) is 19.6 Å². The standard InChI is InChI=1S/C15H20O3/c1-11-5-6-13(17-2)12(9-11)10-15(7-4-8-15)14(16)18-3/h5-6,9H,4,7-8,10H2,1-3H3. The van der Waals surface area contributed by atoms with Crippen LogP contribution in [0, 0.1) is 12.3 Å². The van der Waals surface area contributed by atoms with Gasteiger partial charge in [-0.15, -0.1) is 0 Å². The Morgan fingerprint density at radius 2 is 2.06 bits per heavy atom. The fourth-order valence-electron chi connectivity index (χ4n) is 2.68. The van der Waals surface area contributed by atoms with E-state index in [0.717, 1.165) is 30.6 Å². The van der Waals surface area contributed by atoms with E-state index in [9.17, 15) is 4.79 Å². The van der Waals surface area contributed by atoms with Crippen LogP contribution in [0.5, 0.6) is 5.75 Å². The van der Waals surface area contributed by atoms with Crippen LogP contribution in [0.2, 0.25) is 0 Å². The summed E-state index contributed by atoms with van der Waals surface area (Å²) in [4.78, 5) is 11.9. The van der Waals surface area contributed by atoms with E-state index in [1.807, 2.05) is 12.1 Å². The first-order chi connectivity index (χ1) is 8.61. The Bertz CT molecular complexity index is 447. The number of hydrogen-bond donors (Lipinski definition) is 0. The Labute approximate surface area is 108 Å². The summed E-state index contributed by atoms with van der Waals surface area (Å²) in [6.45, 7) is 2.05. The average Bonchev–Trinajstić information content (AvgIpc) is 2.33. The van der Waals surface area contributed by atoms with Crippen molar-refractivity contribution in [3.05, 3.63) is 29.3 Å². The number of aryl methyl sites for hydroxylation is 1. The number of hydrogen-bond acceptors (Lipinski definition) is 3. The summed E-state index contributed by atoms with van der Waals surface area (Å²) in [7, 11) is 3.13. The molecule has 0 aromatic heterocycles. The lowest BCUT2D eigenvalue weighted by Gasteiger charge is -2.39. The van der Waals surface area contributed by atoms with Gasteiger partial charge in [0.25, 0.3) is 0 Å². The SMILES string of the molecule is COC(=O)C1(Cc2cc(C)ccc2OC)CCC1. The fourth-order valence-corrected chi connectivity index (χ4v) is 2.68. The molecule has 0 amide bonds. The zero-order valence-electron chi connectivity index (χ0n) is 11.3. The van der Waals surface area contributed by atoms with Crippen molar-refractivity contribution in [2.45, 2.75) is 32.6 Å². The minimum Gasteiger partial charge on any atom is -0.496 e. The predicted molar refractivity (Wildman–Crippen MR) is 69.7 cm³/mol. The zero-order valence-corrected chi connectivity index (χ0v) is 11.3. The maximum absolute atomic E-state index is 11.9. The van der Waals surface area contributed by atoms with Gasteiger partial charge in [0.15, 0.2) is 0 Å². The highest BCUT2D eigenvalue weighted by atomic mass is 16.5. The van der Waals surface area contributed by atoms with Gasteiger partial charge in [-0.05, 0) is 37.8 Å². The molecule has 0 atom stereocenters. The smallest absolute Gasteiger partial charge is 0.312 e. The Morgan fingerprint density at radius 1 is 1.33 bits per heavy atom. The van der Waals surface area contributed by atoms with Crippen LogP contribution in [-0.4, -0.2) is 20.2 Å². The van der Waals surface area contributed by atoms with Crippen LogP contribution < -0.4 is 4.74 Å². The molecule has 98 valence electrons. The second-order valence-corrected chi connectivity index (χ2v) is 5.12. The Balaban J connectivity index is 2.27. The fraction of sp³-hybridized carbons (Fsp3) is 0.533. The molecule has 0 bridgehead atoms. The number of benzene rings is 1. The molecule has 1 saturated carbocycles. The summed E-state index contributed by atoms with van der Waals surface area (Å²) in [5.41, 5.74) is 1.96. The first-order valence-electron chi connectivity index (χ1n) is 6.33. The van der Waals surface area contributed by atoms with Crippen molar-refractivity contribution in [2.75, 3.05) is 14.2 Å². The molecule has 18 heavy (non-hydrogen) atoms. The van der Waals surface area contributed by atoms with E-state index in [2.05, 4.69) is 13.0 Å². The van der Waals surface area contributed by atoms with Gasteiger partial charge in [-0.1, -0.05) is 24.1 Å². The van der Waals surface area contributed by atoms with Gasteiger partial charge >= 0.3 is 5.97 Å². The molecule has 1 aromatic carbocycles. The highest BCUT2D eigenvalue weighted by Gasteiger charge is 2.45. The van der Waals surface area contributed by atoms with Crippen molar-refractivity contribution in [3.8, 4) is 5.75 Å². The molecule has 2 rings (SSSR count). The van der Waals surface area contributed by atoms with Gasteiger partial charge < -0.3 is 9.47 Å². The molecule has 3 heteroatoms. The third kappa shape index (κ3) is 2.22. The highest BCUT2D eigenvalue weighted by molar-refractivity contribution is 5.78. The van der Waals surface area contributed by atoms with Gasteiger partial charge in [-0.2, -0.15) is 0 Å². The van der Waals surface area contributed by atoms with E-state index in [1.165, 1.54) is 12.7 Å². The van der Waals surface area contributed by atoms with E-state index >= 15 is 0 Å². The molecule has 0 heterocycles. The van der Waals surface area contributed by atoms with Crippen molar-refractivity contribution >= 4 is 5.97 Å². The van der Waals surface area contributed by atoms with Crippen molar-refractivity contribution in [1.82, 2.24) is 0 Å². The van der Waals surface area contributed by atoms with Crippen molar-refractivity contribution < 1.29 is 14.3 Å². The molecule has 0 radical (unpaired) electrons. The number of methoxy groups -OCH3 is 2. The molecule has 1 aliphatic rings. The van der Waals surface area contributed by atoms with Crippen LogP contribution in [-0.2, 0) is 16.0 Å². The van der Waals surface area contributed by atoms with Crippen molar-refractivity contribution in [1.29, 1.82) is 0 Å². The lowest BCUT2D eigenvalue weighted by Crippen LogP contribution is -2.40. The maximum atomic E-state index is 11.9. The van der Waals surface area contributed by atoms with Crippen LogP contribution in [0.3, 0.4) is 0 Å². The molecule has 1 aromatic rings. The van der Waals surface area contributed by atoms with Crippen molar-refractivity contribution in [3.63, 3.8) is 0 Å². The molecule has 1 fully saturated rings. The topological polar surface area (TPSA) is 35.5 Å². The first-order valence-corrected chi connectivity index (χ1v) is 6.33. The molecule has 0 unspecified atom stereocenters. The van der Waals surface area contributed by atoms with Gasteiger partial charge in [-0.3, -0.25) is 4.79 Å². The monoisotopic (exact) mass is 248 g/mol. The van der Waals surface area contributed by atoms with Crippen LogP contribution in [0.4, 0.5) is 0 Å². The molecular weight excluding hydrogens is 228 g/mol. The third-order valence-corrected chi connectivity index (χ3v) is 3.89. The van der Waals surface area contributed by atoms with Gasteiger partial charge in [0, 0.05) is 0 Å². The lowest BCUT2D eigenvalue weighted by molar-refractivity contribution is -0.158. The van der Waals surface area contributed by atoms with Crippen LogP contribution >= 0.6 is 0 Å². The summed E-state index contributed by atoms with van der Waals surface area (Å²) in [5, 5.41) is 0.